The van der Waals surface area contributed by atoms with E-state index in [-0.39, 0.29) is 46.5 Å². The predicted octanol–water partition coefficient (Wildman–Crippen LogP) is 2.85. The first kappa shape index (κ1) is 13.6. The highest BCUT2D eigenvalue weighted by molar-refractivity contribution is 9.09. The molecule has 1 saturated heterocycles. The van der Waals surface area contributed by atoms with Crippen molar-refractivity contribution in [2.45, 2.75) is 17.4 Å². The number of carbonyl (C=O) groups excluding carboxylic acids is 2. The average Bonchev–Trinajstić information content (AvgIpc) is 3.02. The molecule has 4 nitrogen and oxygen atoms in total. The van der Waals surface area contributed by atoms with Gasteiger partial charge in [0.1, 0.15) is 6.10 Å². The number of halogens is 2. The molecule has 0 radical (unpaired) electrons. The summed E-state index contributed by atoms with van der Waals surface area (Å²) in [6.45, 7) is 0. The van der Waals surface area contributed by atoms with Gasteiger partial charge in [0.05, 0.1) is 16.7 Å². The number of carbonyl (C=O) groups is 2. The first-order chi connectivity index (χ1) is 10.1. The van der Waals surface area contributed by atoms with Crippen molar-refractivity contribution in [2.24, 2.45) is 23.7 Å². The van der Waals surface area contributed by atoms with E-state index in [1.54, 1.807) is 24.3 Å². The van der Waals surface area contributed by atoms with Crippen LogP contribution in [0.25, 0.3) is 0 Å². The first-order valence-corrected chi connectivity index (χ1v) is 8.26. The van der Waals surface area contributed by atoms with Gasteiger partial charge in [0.15, 0.2) is 0 Å². The van der Waals surface area contributed by atoms with Crippen LogP contribution in [0.3, 0.4) is 0 Å². The van der Waals surface area contributed by atoms with Gasteiger partial charge >= 0.3 is 5.97 Å². The van der Waals surface area contributed by atoms with Crippen LogP contribution in [0.4, 0.5) is 5.69 Å². The number of alkyl halides is 1. The second-order valence-electron chi connectivity index (χ2n) is 5.96. The van der Waals surface area contributed by atoms with Crippen molar-refractivity contribution >= 4 is 45.1 Å². The van der Waals surface area contributed by atoms with Crippen LogP contribution in [0.5, 0.6) is 0 Å². The molecule has 3 fully saturated rings. The summed E-state index contributed by atoms with van der Waals surface area (Å²) in [5.41, 5.74) is 0.657. The van der Waals surface area contributed by atoms with E-state index < -0.39 is 0 Å². The Morgan fingerprint density at radius 3 is 2.95 bits per heavy atom. The van der Waals surface area contributed by atoms with Crippen molar-refractivity contribution in [3.05, 3.63) is 29.3 Å². The Morgan fingerprint density at radius 1 is 1.38 bits per heavy atom. The maximum absolute atomic E-state index is 12.6. The maximum atomic E-state index is 12.6. The van der Waals surface area contributed by atoms with Crippen molar-refractivity contribution in [1.29, 1.82) is 0 Å². The number of fused-ring (bicyclic) bond motifs is 1. The van der Waals surface area contributed by atoms with E-state index in [2.05, 4.69) is 21.2 Å². The summed E-state index contributed by atoms with van der Waals surface area (Å²) in [7, 11) is 0. The number of hydrogen-bond donors (Lipinski definition) is 1. The molecule has 3 aliphatic rings. The lowest BCUT2D eigenvalue weighted by Gasteiger charge is -2.27. The zero-order valence-corrected chi connectivity index (χ0v) is 13.3. The number of ether oxygens (including phenoxy) is 1. The Morgan fingerprint density at radius 2 is 2.19 bits per heavy atom. The Kier molecular flexibility index (Phi) is 3.05. The number of esters is 1. The zero-order valence-electron chi connectivity index (χ0n) is 11.0. The molecule has 1 aromatic rings. The lowest BCUT2D eigenvalue weighted by molar-refractivity contribution is -0.145. The minimum atomic E-state index is -0.315. The van der Waals surface area contributed by atoms with Gasteiger partial charge in [0.25, 0.3) is 0 Å². The van der Waals surface area contributed by atoms with Crippen LogP contribution >= 0.6 is 27.5 Å². The van der Waals surface area contributed by atoms with Crippen molar-refractivity contribution in [1.82, 2.24) is 0 Å². The molecule has 0 aromatic heterocycles. The fourth-order valence-electron chi connectivity index (χ4n) is 4.12. The number of amides is 1. The molecule has 2 bridgehead atoms. The molecule has 2 saturated carbocycles. The van der Waals surface area contributed by atoms with Crippen LogP contribution in [0.1, 0.15) is 6.42 Å². The van der Waals surface area contributed by atoms with Crippen LogP contribution < -0.4 is 5.32 Å². The molecule has 2 aliphatic carbocycles. The zero-order chi connectivity index (χ0) is 14.7. The fraction of sp³-hybridized carbons (Fsp3) is 0.467. The van der Waals surface area contributed by atoms with Crippen LogP contribution in [0.15, 0.2) is 24.3 Å². The molecular formula is C15H13BrClNO3. The molecule has 6 heteroatoms. The first-order valence-electron chi connectivity index (χ1n) is 6.97. The molecule has 1 aliphatic heterocycles. The van der Waals surface area contributed by atoms with Gasteiger partial charge in [-0.2, -0.15) is 0 Å². The van der Waals surface area contributed by atoms with E-state index in [4.69, 9.17) is 16.3 Å². The van der Waals surface area contributed by atoms with Crippen LogP contribution in [0.2, 0.25) is 5.02 Å². The SMILES string of the molecule is O=C(Nc1cccc(Cl)c1)[C@@H]1[C@@H]2C[C@H]3[C@H](OC(=O)[C@@H]31)[C@@H]2Br. The highest BCUT2D eigenvalue weighted by Gasteiger charge is 2.67. The smallest absolute Gasteiger partial charge is 0.310 e. The Bertz CT molecular complexity index is 637. The molecule has 1 aromatic carbocycles. The molecular weight excluding hydrogens is 358 g/mol. The molecule has 6 atom stereocenters. The van der Waals surface area contributed by atoms with Gasteiger partial charge in [0, 0.05) is 16.6 Å². The molecule has 0 unspecified atom stereocenters. The van der Waals surface area contributed by atoms with E-state index in [1.165, 1.54) is 0 Å². The maximum Gasteiger partial charge on any atom is 0.310 e. The van der Waals surface area contributed by atoms with Gasteiger partial charge in [-0.25, -0.2) is 0 Å². The topological polar surface area (TPSA) is 55.4 Å². The van der Waals surface area contributed by atoms with Crippen LogP contribution in [-0.4, -0.2) is 22.8 Å². The van der Waals surface area contributed by atoms with Gasteiger partial charge in [-0.15, -0.1) is 0 Å². The monoisotopic (exact) mass is 369 g/mol. The third-order valence-corrected chi connectivity index (χ3v) is 6.35. The average molecular weight is 371 g/mol. The summed E-state index contributed by atoms with van der Waals surface area (Å²) in [5, 5.41) is 3.45. The number of hydrogen-bond acceptors (Lipinski definition) is 3. The number of rotatable bonds is 2. The van der Waals surface area contributed by atoms with Gasteiger partial charge in [-0.3, -0.25) is 9.59 Å². The second kappa shape index (κ2) is 4.71. The molecule has 1 N–H and O–H groups in total. The minimum Gasteiger partial charge on any atom is -0.461 e. The van der Waals surface area contributed by atoms with Crippen LogP contribution in [-0.2, 0) is 14.3 Å². The van der Waals surface area contributed by atoms with Gasteiger partial charge < -0.3 is 10.1 Å². The summed E-state index contributed by atoms with van der Waals surface area (Å²) in [6.07, 6.45) is 0.827. The normalized spacial score (nSPS) is 39.4. The number of nitrogens with one attached hydrogen (secondary N) is 1. The molecule has 4 rings (SSSR count). The van der Waals surface area contributed by atoms with Crippen molar-refractivity contribution in [2.75, 3.05) is 5.32 Å². The summed E-state index contributed by atoms with van der Waals surface area (Å²) < 4.78 is 5.41. The van der Waals surface area contributed by atoms with E-state index in [0.717, 1.165) is 6.42 Å². The Balaban J connectivity index is 1.59. The lowest BCUT2D eigenvalue weighted by atomic mass is 9.79. The molecule has 1 amide bonds. The molecule has 1 heterocycles. The summed E-state index contributed by atoms with van der Waals surface area (Å²) >= 11 is 9.53. The van der Waals surface area contributed by atoms with Crippen molar-refractivity contribution in [3.8, 4) is 0 Å². The standard InChI is InChI=1S/C15H13BrClNO3/c16-12-8-5-9-11(15(20)21-13(9)12)10(8)14(19)18-7-3-1-2-6(17)4-7/h1-4,8-13H,5H2,(H,18,19)/t8-,9+,10+,11-,12+,13-/m0/s1. The number of benzene rings is 1. The fourth-order valence-corrected chi connectivity index (χ4v) is 5.36. The summed E-state index contributed by atoms with van der Waals surface area (Å²) in [6, 6.07) is 7.03. The summed E-state index contributed by atoms with van der Waals surface area (Å²) in [4.78, 5) is 24.7. The van der Waals surface area contributed by atoms with Gasteiger partial charge in [0.2, 0.25) is 5.91 Å². The molecule has 0 spiro atoms. The third-order valence-electron chi connectivity index (χ3n) is 4.92. The quantitative estimate of drug-likeness (QED) is 0.643. The van der Waals surface area contributed by atoms with Gasteiger partial charge in [-0.05, 0) is 30.5 Å². The third kappa shape index (κ3) is 1.94. The van der Waals surface area contributed by atoms with Crippen molar-refractivity contribution < 1.29 is 14.3 Å². The predicted molar refractivity (Wildman–Crippen MR) is 81.3 cm³/mol. The van der Waals surface area contributed by atoms with Crippen molar-refractivity contribution in [3.63, 3.8) is 0 Å². The van der Waals surface area contributed by atoms with E-state index >= 15 is 0 Å². The highest BCUT2D eigenvalue weighted by atomic mass is 79.9. The largest absolute Gasteiger partial charge is 0.461 e. The lowest BCUT2D eigenvalue weighted by Crippen LogP contribution is -2.40. The van der Waals surface area contributed by atoms with E-state index in [9.17, 15) is 9.59 Å². The summed E-state index contributed by atoms with van der Waals surface area (Å²) in [5.74, 6) is -0.590. The highest BCUT2D eigenvalue weighted by Crippen LogP contribution is 2.60. The Hall–Kier alpha value is -1.07. The minimum absolute atomic E-state index is 0.0530. The van der Waals surface area contributed by atoms with E-state index in [0.29, 0.717) is 10.7 Å². The second-order valence-corrected chi connectivity index (χ2v) is 7.45. The van der Waals surface area contributed by atoms with Crippen LogP contribution in [0, 0.1) is 23.7 Å². The van der Waals surface area contributed by atoms with E-state index in [1.807, 2.05) is 0 Å². The molecule has 110 valence electrons. The Labute approximate surface area is 135 Å². The number of anilines is 1. The van der Waals surface area contributed by atoms with Gasteiger partial charge in [-0.1, -0.05) is 33.6 Å². The molecule has 21 heavy (non-hydrogen) atoms.